The van der Waals surface area contributed by atoms with Gasteiger partial charge in [-0.3, -0.25) is 9.00 Å². The van der Waals surface area contributed by atoms with Crippen molar-refractivity contribution >= 4 is 16.7 Å². The molecule has 1 saturated heterocycles. The summed E-state index contributed by atoms with van der Waals surface area (Å²) in [5.74, 6) is 1.51. The number of rotatable bonds is 6. The van der Waals surface area contributed by atoms with Gasteiger partial charge in [-0.25, -0.2) is 0 Å². The average Bonchev–Trinajstić information content (AvgIpc) is 2.77. The lowest BCUT2D eigenvalue weighted by Crippen LogP contribution is -2.37. The second kappa shape index (κ2) is 6.95. The first-order valence-corrected chi connectivity index (χ1v) is 7.06. The summed E-state index contributed by atoms with van der Waals surface area (Å²) in [6.07, 6.45) is 2.26. The zero-order chi connectivity index (χ0) is 11.1. The van der Waals surface area contributed by atoms with Crippen LogP contribution in [-0.2, 0) is 15.6 Å². The molecule has 1 atom stereocenters. The molecule has 5 heteroatoms. The summed E-state index contributed by atoms with van der Waals surface area (Å²) in [5, 5.41) is 3.04. The molecule has 0 aromatic rings. The van der Waals surface area contributed by atoms with Crippen molar-refractivity contribution in [2.24, 2.45) is 0 Å². The number of hydrogen-bond acceptors (Lipinski definition) is 3. The molecule has 0 saturated carbocycles. The largest absolute Gasteiger partial charge is 0.342 e. The molecule has 1 rings (SSSR count). The Hall–Kier alpha value is -0.420. The third-order valence-corrected chi connectivity index (χ3v) is 3.87. The SMILES string of the molecule is CCS(=O)CCNCC(=O)N1CCCC1. The Morgan fingerprint density at radius 1 is 1.40 bits per heavy atom. The van der Waals surface area contributed by atoms with Gasteiger partial charge in [0.2, 0.25) is 5.91 Å². The molecule has 1 amide bonds. The highest BCUT2D eigenvalue weighted by Gasteiger charge is 2.16. The fourth-order valence-electron chi connectivity index (χ4n) is 1.60. The van der Waals surface area contributed by atoms with E-state index in [2.05, 4.69) is 5.32 Å². The maximum atomic E-state index is 11.5. The fraction of sp³-hybridized carbons (Fsp3) is 0.900. The summed E-state index contributed by atoms with van der Waals surface area (Å²) >= 11 is 0. The van der Waals surface area contributed by atoms with Gasteiger partial charge in [0, 0.05) is 41.9 Å². The number of amides is 1. The molecule has 1 fully saturated rings. The maximum absolute atomic E-state index is 11.5. The molecule has 88 valence electrons. The van der Waals surface area contributed by atoms with E-state index in [0.29, 0.717) is 24.6 Å². The Balaban J connectivity index is 2.04. The van der Waals surface area contributed by atoms with E-state index in [0.717, 1.165) is 25.9 Å². The van der Waals surface area contributed by atoms with Crippen molar-refractivity contribution in [2.45, 2.75) is 19.8 Å². The van der Waals surface area contributed by atoms with Crippen LogP contribution >= 0.6 is 0 Å². The molecule has 0 aromatic carbocycles. The first-order valence-electron chi connectivity index (χ1n) is 5.57. The lowest BCUT2D eigenvalue weighted by molar-refractivity contribution is -0.129. The molecule has 0 aliphatic carbocycles. The van der Waals surface area contributed by atoms with Crippen LogP contribution in [0.5, 0.6) is 0 Å². The fourth-order valence-corrected chi connectivity index (χ4v) is 2.26. The van der Waals surface area contributed by atoms with Crippen molar-refractivity contribution in [1.29, 1.82) is 0 Å². The number of carbonyl (C=O) groups is 1. The van der Waals surface area contributed by atoms with E-state index in [4.69, 9.17) is 0 Å². The van der Waals surface area contributed by atoms with Gasteiger partial charge in [-0.2, -0.15) is 0 Å². The minimum Gasteiger partial charge on any atom is -0.342 e. The average molecular weight is 232 g/mol. The van der Waals surface area contributed by atoms with Gasteiger partial charge in [0.1, 0.15) is 0 Å². The van der Waals surface area contributed by atoms with Gasteiger partial charge in [-0.15, -0.1) is 0 Å². The van der Waals surface area contributed by atoms with E-state index in [1.54, 1.807) is 0 Å². The highest BCUT2D eigenvalue weighted by Crippen LogP contribution is 2.06. The topological polar surface area (TPSA) is 49.4 Å². The Bertz CT molecular complexity index is 227. The molecule has 1 aliphatic rings. The molecule has 1 N–H and O–H groups in total. The zero-order valence-electron chi connectivity index (χ0n) is 9.33. The molecule has 0 spiro atoms. The van der Waals surface area contributed by atoms with E-state index in [1.165, 1.54) is 0 Å². The van der Waals surface area contributed by atoms with Crippen LogP contribution in [0.3, 0.4) is 0 Å². The van der Waals surface area contributed by atoms with E-state index in [9.17, 15) is 9.00 Å². The summed E-state index contributed by atoms with van der Waals surface area (Å²) in [4.78, 5) is 13.4. The van der Waals surface area contributed by atoms with Gasteiger partial charge in [0.25, 0.3) is 0 Å². The first-order chi connectivity index (χ1) is 7.24. The molecule has 1 aliphatic heterocycles. The summed E-state index contributed by atoms with van der Waals surface area (Å²) in [7, 11) is -0.731. The van der Waals surface area contributed by atoms with Crippen molar-refractivity contribution in [1.82, 2.24) is 10.2 Å². The molecule has 15 heavy (non-hydrogen) atoms. The lowest BCUT2D eigenvalue weighted by Gasteiger charge is -2.15. The Labute approximate surface area is 93.9 Å². The van der Waals surface area contributed by atoms with E-state index < -0.39 is 10.8 Å². The monoisotopic (exact) mass is 232 g/mol. The van der Waals surface area contributed by atoms with E-state index in [1.807, 2.05) is 11.8 Å². The number of nitrogens with zero attached hydrogens (tertiary/aromatic N) is 1. The maximum Gasteiger partial charge on any atom is 0.236 e. The van der Waals surface area contributed by atoms with Crippen molar-refractivity contribution in [3.63, 3.8) is 0 Å². The molecule has 0 bridgehead atoms. The van der Waals surface area contributed by atoms with Gasteiger partial charge >= 0.3 is 0 Å². The summed E-state index contributed by atoms with van der Waals surface area (Å²) in [6, 6.07) is 0. The number of likely N-dealkylation sites (tertiary alicyclic amines) is 1. The van der Waals surface area contributed by atoms with Crippen LogP contribution in [-0.4, -0.2) is 52.7 Å². The quantitative estimate of drug-likeness (QED) is 0.654. The van der Waals surface area contributed by atoms with Gasteiger partial charge in [-0.05, 0) is 12.8 Å². The molecule has 0 radical (unpaired) electrons. The zero-order valence-corrected chi connectivity index (χ0v) is 10.1. The van der Waals surface area contributed by atoms with Crippen LogP contribution in [0.25, 0.3) is 0 Å². The third-order valence-electron chi connectivity index (χ3n) is 2.56. The van der Waals surface area contributed by atoms with Crippen LogP contribution in [0.4, 0.5) is 0 Å². The van der Waals surface area contributed by atoms with E-state index >= 15 is 0 Å². The molecule has 0 aromatic heterocycles. The predicted molar refractivity (Wildman–Crippen MR) is 62.2 cm³/mol. The van der Waals surface area contributed by atoms with Crippen LogP contribution < -0.4 is 5.32 Å². The predicted octanol–water partition coefficient (Wildman–Crippen LogP) is -0.0330. The second-order valence-corrected chi connectivity index (χ2v) is 5.56. The van der Waals surface area contributed by atoms with Gasteiger partial charge in [0.05, 0.1) is 6.54 Å². The lowest BCUT2D eigenvalue weighted by atomic mass is 10.4. The Morgan fingerprint density at radius 2 is 2.07 bits per heavy atom. The highest BCUT2D eigenvalue weighted by molar-refractivity contribution is 7.84. The van der Waals surface area contributed by atoms with Crippen LogP contribution in [0.1, 0.15) is 19.8 Å². The smallest absolute Gasteiger partial charge is 0.236 e. The molecular weight excluding hydrogens is 212 g/mol. The number of nitrogens with one attached hydrogen (secondary N) is 1. The summed E-state index contributed by atoms with van der Waals surface area (Å²) < 4.78 is 11.1. The molecular formula is C10H20N2O2S. The minimum absolute atomic E-state index is 0.176. The number of hydrogen-bond donors (Lipinski definition) is 1. The van der Waals surface area contributed by atoms with Gasteiger partial charge in [0.15, 0.2) is 0 Å². The van der Waals surface area contributed by atoms with Gasteiger partial charge < -0.3 is 10.2 Å². The van der Waals surface area contributed by atoms with Crippen molar-refractivity contribution < 1.29 is 9.00 Å². The minimum atomic E-state index is -0.731. The number of carbonyl (C=O) groups excluding carboxylic acids is 1. The molecule has 4 nitrogen and oxygen atoms in total. The van der Waals surface area contributed by atoms with Crippen molar-refractivity contribution in [2.75, 3.05) is 37.7 Å². The Morgan fingerprint density at radius 3 is 2.67 bits per heavy atom. The summed E-state index contributed by atoms with van der Waals surface area (Å²) in [6.45, 7) is 4.77. The third kappa shape index (κ3) is 4.75. The summed E-state index contributed by atoms with van der Waals surface area (Å²) in [5.41, 5.74) is 0. The van der Waals surface area contributed by atoms with E-state index in [-0.39, 0.29) is 5.91 Å². The Kier molecular flexibility index (Phi) is 5.86. The molecule has 1 unspecified atom stereocenters. The normalized spacial score (nSPS) is 18.1. The van der Waals surface area contributed by atoms with Crippen molar-refractivity contribution in [3.8, 4) is 0 Å². The molecule has 1 heterocycles. The van der Waals surface area contributed by atoms with Crippen LogP contribution in [0.2, 0.25) is 0 Å². The second-order valence-electron chi connectivity index (χ2n) is 3.70. The highest BCUT2D eigenvalue weighted by atomic mass is 32.2. The standard InChI is InChI=1S/C10H20N2O2S/c1-2-15(14)8-5-11-9-10(13)12-6-3-4-7-12/h11H,2-9H2,1H3. The van der Waals surface area contributed by atoms with Crippen molar-refractivity contribution in [3.05, 3.63) is 0 Å². The van der Waals surface area contributed by atoms with Crippen LogP contribution in [0.15, 0.2) is 0 Å². The first kappa shape index (κ1) is 12.6. The van der Waals surface area contributed by atoms with Gasteiger partial charge in [-0.1, -0.05) is 6.92 Å². The van der Waals surface area contributed by atoms with Crippen LogP contribution in [0, 0.1) is 0 Å².